The Bertz CT molecular complexity index is 1580. The maximum absolute atomic E-state index is 14.4. The smallest absolute Gasteiger partial charge is 0.265 e. The summed E-state index contributed by atoms with van der Waals surface area (Å²) in [6.07, 6.45) is 2.46. The Kier molecular flexibility index (Phi) is 6.90. The van der Waals surface area contributed by atoms with Crippen molar-refractivity contribution < 1.29 is 4.79 Å². The van der Waals surface area contributed by atoms with Gasteiger partial charge in [0.2, 0.25) is 0 Å². The SMILES string of the molecule is CCc1ccc(Cl)c(CC)c1-n1c2c(cc(-c3nc(-c4ccc(Cl)cc4)cs3)c1=O)C(=O)CC(C)(C)C2. The van der Waals surface area contributed by atoms with Crippen LogP contribution in [0.3, 0.4) is 0 Å². The summed E-state index contributed by atoms with van der Waals surface area (Å²) in [5.41, 5.74) is 5.80. The van der Waals surface area contributed by atoms with Gasteiger partial charge in [0, 0.05) is 38.7 Å². The van der Waals surface area contributed by atoms with Crippen LogP contribution in [0.15, 0.2) is 52.6 Å². The molecule has 0 amide bonds. The first-order valence-corrected chi connectivity index (χ1v) is 14.1. The van der Waals surface area contributed by atoms with Crippen molar-refractivity contribution >= 4 is 40.3 Å². The Morgan fingerprint density at radius 3 is 2.38 bits per heavy atom. The number of nitrogens with zero attached hydrogens (tertiary/aromatic N) is 2. The molecule has 0 atom stereocenters. The van der Waals surface area contributed by atoms with E-state index in [1.165, 1.54) is 11.3 Å². The predicted molar refractivity (Wildman–Crippen MR) is 154 cm³/mol. The number of hydrogen-bond acceptors (Lipinski definition) is 4. The van der Waals surface area contributed by atoms with E-state index in [4.69, 9.17) is 28.2 Å². The number of aromatic nitrogens is 2. The molecule has 37 heavy (non-hydrogen) atoms. The van der Waals surface area contributed by atoms with E-state index < -0.39 is 0 Å². The van der Waals surface area contributed by atoms with Gasteiger partial charge in [-0.05, 0) is 60.1 Å². The molecule has 7 heteroatoms. The second-order valence-corrected chi connectivity index (χ2v) is 12.0. The van der Waals surface area contributed by atoms with E-state index in [0.29, 0.717) is 45.4 Å². The summed E-state index contributed by atoms with van der Waals surface area (Å²) in [6, 6.07) is 13.1. The first-order valence-electron chi connectivity index (χ1n) is 12.5. The van der Waals surface area contributed by atoms with Crippen molar-refractivity contribution in [3.05, 3.63) is 90.6 Å². The minimum Gasteiger partial charge on any atom is -0.294 e. The molecule has 0 unspecified atom stereocenters. The lowest BCUT2D eigenvalue weighted by atomic mass is 9.75. The number of benzene rings is 2. The normalized spacial score (nSPS) is 14.6. The summed E-state index contributed by atoms with van der Waals surface area (Å²) in [4.78, 5) is 32.6. The highest BCUT2D eigenvalue weighted by atomic mass is 35.5. The van der Waals surface area contributed by atoms with Crippen molar-refractivity contribution in [1.29, 1.82) is 0 Å². The van der Waals surface area contributed by atoms with Gasteiger partial charge >= 0.3 is 0 Å². The molecule has 2 heterocycles. The molecule has 0 saturated heterocycles. The quantitative estimate of drug-likeness (QED) is 0.251. The first-order chi connectivity index (χ1) is 17.6. The fourth-order valence-corrected chi connectivity index (χ4v) is 6.46. The maximum Gasteiger partial charge on any atom is 0.265 e. The van der Waals surface area contributed by atoms with Gasteiger partial charge in [0.15, 0.2) is 5.78 Å². The molecule has 0 saturated carbocycles. The molecule has 1 aliphatic carbocycles. The van der Waals surface area contributed by atoms with Gasteiger partial charge in [-0.15, -0.1) is 11.3 Å². The molecular weight excluding hydrogens is 523 g/mol. The van der Waals surface area contributed by atoms with Crippen LogP contribution < -0.4 is 5.56 Å². The lowest BCUT2D eigenvalue weighted by molar-refractivity contribution is 0.0909. The number of rotatable bonds is 5. The van der Waals surface area contributed by atoms with Gasteiger partial charge in [0.05, 0.1) is 16.9 Å². The molecule has 0 bridgehead atoms. The third-order valence-corrected chi connectivity index (χ3v) is 8.51. The number of Topliss-reactive ketones (excluding diaryl/α,β-unsaturated/α-hetero) is 1. The second-order valence-electron chi connectivity index (χ2n) is 10.3. The minimum absolute atomic E-state index is 0.0499. The van der Waals surface area contributed by atoms with Crippen LogP contribution in [0.5, 0.6) is 0 Å². The molecule has 2 aromatic heterocycles. The third-order valence-electron chi connectivity index (χ3n) is 7.03. The van der Waals surface area contributed by atoms with Gasteiger partial charge in [0.1, 0.15) is 5.01 Å². The van der Waals surface area contributed by atoms with E-state index in [1.54, 1.807) is 10.6 Å². The number of aryl methyl sites for hydroxylation is 1. The molecule has 1 aliphatic rings. The van der Waals surface area contributed by atoms with Gasteiger partial charge in [-0.1, -0.05) is 69.1 Å². The molecule has 5 rings (SSSR count). The number of carbonyl (C=O) groups is 1. The van der Waals surface area contributed by atoms with E-state index >= 15 is 0 Å². The Morgan fingerprint density at radius 2 is 1.70 bits per heavy atom. The van der Waals surface area contributed by atoms with Crippen molar-refractivity contribution in [3.8, 4) is 27.5 Å². The molecular formula is C30H28Cl2N2O2S. The molecule has 4 aromatic rings. The van der Waals surface area contributed by atoms with Gasteiger partial charge in [0.25, 0.3) is 5.56 Å². The number of carbonyl (C=O) groups excluding carboxylic acids is 1. The number of hydrogen-bond donors (Lipinski definition) is 0. The summed E-state index contributed by atoms with van der Waals surface area (Å²) in [7, 11) is 0. The highest BCUT2D eigenvalue weighted by Gasteiger charge is 2.35. The van der Waals surface area contributed by atoms with Crippen LogP contribution in [0.25, 0.3) is 27.5 Å². The fourth-order valence-electron chi connectivity index (χ4n) is 5.22. The van der Waals surface area contributed by atoms with Gasteiger partial charge in [-0.2, -0.15) is 0 Å². The van der Waals surface area contributed by atoms with Crippen molar-refractivity contribution in [2.75, 3.05) is 0 Å². The standard InChI is InChI=1S/C30H28Cl2N2O2S/c1-5-17-9-12-23(32)20(6-2)27(17)34-25-14-30(3,4)15-26(35)21(25)13-22(29(34)36)28-33-24(16-37-28)18-7-10-19(31)11-8-18/h7-13,16H,5-6,14-15H2,1-4H3. The third kappa shape index (κ3) is 4.69. The van der Waals surface area contributed by atoms with Crippen LogP contribution in [0.1, 0.15) is 61.3 Å². The molecule has 190 valence electrons. The molecule has 0 spiro atoms. The largest absolute Gasteiger partial charge is 0.294 e. The molecule has 0 N–H and O–H groups in total. The zero-order chi connectivity index (χ0) is 26.5. The van der Waals surface area contributed by atoms with Crippen LogP contribution in [0.4, 0.5) is 0 Å². The van der Waals surface area contributed by atoms with Crippen molar-refractivity contribution in [2.45, 2.75) is 53.4 Å². The van der Waals surface area contributed by atoms with Crippen molar-refractivity contribution in [3.63, 3.8) is 0 Å². The average molecular weight is 552 g/mol. The highest BCUT2D eigenvalue weighted by molar-refractivity contribution is 7.13. The van der Waals surface area contributed by atoms with Crippen LogP contribution in [0, 0.1) is 5.41 Å². The van der Waals surface area contributed by atoms with Crippen LogP contribution in [-0.4, -0.2) is 15.3 Å². The number of ketones is 1. The monoisotopic (exact) mass is 550 g/mol. The van der Waals surface area contributed by atoms with Gasteiger partial charge in [-0.25, -0.2) is 4.98 Å². The predicted octanol–water partition coefficient (Wildman–Crippen LogP) is 8.21. The summed E-state index contributed by atoms with van der Waals surface area (Å²) < 4.78 is 1.77. The fraction of sp³-hybridized carbons (Fsp3) is 0.300. The Balaban J connectivity index is 1.81. The zero-order valence-electron chi connectivity index (χ0n) is 21.3. The number of thiazole rings is 1. The van der Waals surface area contributed by atoms with Gasteiger partial charge in [-0.3, -0.25) is 14.2 Å². The van der Waals surface area contributed by atoms with E-state index in [-0.39, 0.29) is 16.8 Å². The molecule has 4 nitrogen and oxygen atoms in total. The summed E-state index contributed by atoms with van der Waals surface area (Å²) >= 11 is 14.1. The van der Waals surface area contributed by atoms with Crippen LogP contribution in [0.2, 0.25) is 10.0 Å². The van der Waals surface area contributed by atoms with Crippen molar-refractivity contribution in [1.82, 2.24) is 9.55 Å². The first kappa shape index (κ1) is 25.9. The molecule has 0 fully saturated rings. The molecule has 2 aromatic carbocycles. The van der Waals surface area contributed by atoms with Crippen LogP contribution >= 0.6 is 34.5 Å². The summed E-state index contributed by atoms with van der Waals surface area (Å²) in [5, 5.41) is 3.79. The summed E-state index contributed by atoms with van der Waals surface area (Å²) in [6.45, 7) is 8.27. The van der Waals surface area contributed by atoms with Gasteiger partial charge < -0.3 is 0 Å². The van der Waals surface area contributed by atoms with E-state index in [2.05, 4.69) is 20.8 Å². The topological polar surface area (TPSA) is 52.0 Å². The Labute approximate surface area is 230 Å². The van der Waals surface area contributed by atoms with Crippen molar-refractivity contribution in [2.24, 2.45) is 5.41 Å². The second kappa shape index (κ2) is 9.86. The molecule has 0 radical (unpaired) electrons. The lowest BCUT2D eigenvalue weighted by Gasteiger charge is -2.33. The van der Waals surface area contributed by atoms with E-state index in [0.717, 1.165) is 40.2 Å². The average Bonchev–Trinajstić information content (AvgIpc) is 3.33. The lowest BCUT2D eigenvalue weighted by Crippen LogP contribution is -2.35. The summed E-state index contributed by atoms with van der Waals surface area (Å²) in [5.74, 6) is 0.0499. The minimum atomic E-state index is -0.250. The van der Waals surface area contributed by atoms with E-state index in [9.17, 15) is 9.59 Å². The maximum atomic E-state index is 14.4. The number of halogens is 2. The highest BCUT2D eigenvalue weighted by Crippen LogP contribution is 2.39. The Morgan fingerprint density at radius 1 is 0.973 bits per heavy atom. The van der Waals surface area contributed by atoms with Crippen LogP contribution in [-0.2, 0) is 19.3 Å². The number of fused-ring (bicyclic) bond motifs is 1. The molecule has 0 aliphatic heterocycles. The van der Waals surface area contributed by atoms with E-state index in [1.807, 2.05) is 48.7 Å². The number of pyridine rings is 1. The zero-order valence-corrected chi connectivity index (χ0v) is 23.7. The Hall–Kier alpha value is -2.73.